The Balaban J connectivity index is 0.00000144. The van der Waals surface area contributed by atoms with Crippen molar-refractivity contribution in [3.63, 3.8) is 0 Å². The minimum atomic E-state index is 0. The fraction of sp³-hybridized carbons (Fsp3) is 0.118. The third-order valence-corrected chi connectivity index (χ3v) is 2.77. The van der Waals surface area contributed by atoms with E-state index in [9.17, 15) is 0 Å². The second-order valence-electron chi connectivity index (χ2n) is 4.10. The minimum Gasteiger partial charge on any atom is -0.358 e. The Kier molecular flexibility index (Phi) is 6.87. The van der Waals surface area contributed by atoms with Gasteiger partial charge in [-0.25, -0.2) is 6.58 Å². The maximum Gasteiger partial charge on any atom is 2.00 e. The number of aryl methyl sites for hydroxylation is 2. The van der Waals surface area contributed by atoms with Crippen LogP contribution in [0.4, 0.5) is 0 Å². The quantitative estimate of drug-likeness (QED) is 0.639. The van der Waals surface area contributed by atoms with E-state index >= 15 is 0 Å². The Hall–Kier alpha value is -1.13. The minimum absolute atomic E-state index is 0. The van der Waals surface area contributed by atoms with Gasteiger partial charge in [-0.3, -0.25) is 0 Å². The van der Waals surface area contributed by atoms with Crippen LogP contribution in [0, 0.1) is 27.9 Å². The molecule has 2 aromatic rings. The molecule has 0 aromatic heterocycles. The van der Waals surface area contributed by atoms with E-state index in [1.54, 1.807) is 0 Å². The second-order valence-corrected chi connectivity index (χ2v) is 4.10. The molecule has 0 aliphatic heterocycles. The summed E-state index contributed by atoms with van der Waals surface area (Å²) in [5, 5.41) is 0. The zero-order valence-electron chi connectivity index (χ0n) is 11.1. The maximum absolute atomic E-state index is 6.20. The third kappa shape index (κ3) is 3.68. The van der Waals surface area contributed by atoms with E-state index < -0.39 is 0 Å². The van der Waals surface area contributed by atoms with Crippen molar-refractivity contribution < 1.29 is 21.1 Å². The summed E-state index contributed by atoms with van der Waals surface area (Å²) < 4.78 is 0. The van der Waals surface area contributed by atoms with Gasteiger partial charge in [-0.05, 0) is 6.92 Å². The summed E-state index contributed by atoms with van der Waals surface area (Å²) in [4.78, 5) is 0. The van der Waals surface area contributed by atoms with E-state index in [0.717, 1.165) is 16.7 Å². The van der Waals surface area contributed by atoms with Crippen molar-refractivity contribution >= 4 is 5.57 Å². The Morgan fingerprint density at radius 3 is 2.17 bits per heavy atom. The molecule has 0 aliphatic carbocycles. The molecule has 0 atom stereocenters. The van der Waals surface area contributed by atoms with Crippen molar-refractivity contribution in [2.24, 2.45) is 0 Å². The van der Waals surface area contributed by atoms with Crippen LogP contribution in [-0.4, -0.2) is 0 Å². The monoisotopic (exact) mass is 406 g/mol. The van der Waals surface area contributed by atoms with E-state index in [-0.39, 0.29) is 28.5 Å². The van der Waals surface area contributed by atoms with Crippen LogP contribution in [0.3, 0.4) is 0 Å². The molecule has 0 heterocycles. The van der Waals surface area contributed by atoms with Crippen molar-refractivity contribution in [1.29, 1.82) is 0 Å². The summed E-state index contributed by atoms with van der Waals surface area (Å²) in [6.45, 7) is 10.4. The van der Waals surface area contributed by atoms with Crippen LogP contribution in [0.2, 0.25) is 0 Å². The van der Waals surface area contributed by atoms with Gasteiger partial charge >= 0.3 is 21.1 Å². The normalized spacial score (nSPS) is 9.00. The SMILES string of the molecule is [CH-]=C(c1ccccc1)c1cc(C)ccc1C.[CH3-].[W+2]. The first-order valence-electron chi connectivity index (χ1n) is 5.44. The number of benzene rings is 2. The van der Waals surface area contributed by atoms with Crippen molar-refractivity contribution in [2.45, 2.75) is 13.8 Å². The van der Waals surface area contributed by atoms with Crippen molar-refractivity contribution in [3.05, 3.63) is 84.8 Å². The first-order valence-corrected chi connectivity index (χ1v) is 5.44. The first-order chi connectivity index (χ1) is 7.68. The topological polar surface area (TPSA) is 0 Å². The van der Waals surface area contributed by atoms with Crippen LogP contribution in [0.5, 0.6) is 0 Å². The maximum atomic E-state index is 6.20. The summed E-state index contributed by atoms with van der Waals surface area (Å²) >= 11 is 0. The predicted molar refractivity (Wildman–Crippen MR) is 75.6 cm³/mol. The first kappa shape index (κ1) is 16.9. The molecule has 18 heavy (non-hydrogen) atoms. The molecular weight excluding hydrogens is 388 g/mol. The summed E-state index contributed by atoms with van der Waals surface area (Å²) in [7, 11) is 0. The Labute approximate surface area is 125 Å². The van der Waals surface area contributed by atoms with Gasteiger partial charge in [-0.15, -0.1) is 29.3 Å². The number of rotatable bonds is 2. The van der Waals surface area contributed by atoms with Crippen molar-refractivity contribution in [3.8, 4) is 0 Å². The molecule has 0 aliphatic rings. The van der Waals surface area contributed by atoms with Gasteiger partial charge in [0, 0.05) is 0 Å². The number of hydrogen-bond donors (Lipinski definition) is 0. The van der Waals surface area contributed by atoms with E-state index in [0.29, 0.717) is 0 Å². The van der Waals surface area contributed by atoms with Gasteiger partial charge in [-0.1, -0.05) is 48.4 Å². The predicted octanol–water partition coefficient (Wildman–Crippen LogP) is 4.62. The molecule has 0 saturated carbocycles. The zero-order valence-corrected chi connectivity index (χ0v) is 14.0. The van der Waals surface area contributed by atoms with E-state index in [1.165, 1.54) is 11.1 Å². The van der Waals surface area contributed by atoms with Gasteiger partial charge in [0.2, 0.25) is 0 Å². The van der Waals surface area contributed by atoms with Crippen LogP contribution < -0.4 is 0 Å². The molecule has 0 unspecified atom stereocenters. The van der Waals surface area contributed by atoms with Gasteiger partial charge in [0.15, 0.2) is 0 Å². The Morgan fingerprint density at radius 2 is 1.56 bits per heavy atom. The van der Waals surface area contributed by atoms with Crippen molar-refractivity contribution in [1.82, 2.24) is 0 Å². The molecule has 0 spiro atoms. The Bertz CT molecular complexity index is 512. The van der Waals surface area contributed by atoms with Gasteiger partial charge in [0.25, 0.3) is 0 Å². The molecule has 0 nitrogen and oxygen atoms in total. The molecule has 2 aromatic carbocycles. The van der Waals surface area contributed by atoms with Gasteiger partial charge in [0.05, 0.1) is 0 Å². The van der Waals surface area contributed by atoms with E-state index in [1.807, 2.05) is 30.3 Å². The molecule has 1 heteroatoms. The molecule has 92 valence electrons. The molecule has 0 radical (unpaired) electrons. The second kappa shape index (κ2) is 7.34. The summed E-state index contributed by atoms with van der Waals surface area (Å²) in [6.07, 6.45) is 0. The summed E-state index contributed by atoms with van der Waals surface area (Å²) in [5.74, 6) is 0. The van der Waals surface area contributed by atoms with Crippen LogP contribution in [0.1, 0.15) is 22.3 Å². The molecule has 0 N–H and O–H groups in total. The van der Waals surface area contributed by atoms with Crippen molar-refractivity contribution in [2.75, 3.05) is 0 Å². The zero-order chi connectivity index (χ0) is 11.5. The standard InChI is InChI=1S/C16H15.CH3.W/c1-12-9-10-13(2)16(11-12)14(3)15-7-5-4-6-8-15;;/h3-11H,1-2H3;1H3;/q2*-1;+2. The molecule has 0 fully saturated rings. The van der Waals surface area contributed by atoms with Gasteiger partial charge < -0.3 is 7.43 Å². The molecule has 0 saturated heterocycles. The average Bonchev–Trinajstić information content (AvgIpc) is 2.32. The van der Waals surface area contributed by atoms with E-state index in [2.05, 4.69) is 32.0 Å². The van der Waals surface area contributed by atoms with Gasteiger partial charge in [0.1, 0.15) is 0 Å². The molecular formula is C17H18W. The van der Waals surface area contributed by atoms with Crippen LogP contribution >= 0.6 is 0 Å². The average molecular weight is 406 g/mol. The van der Waals surface area contributed by atoms with Crippen LogP contribution in [-0.2, 0) is 21.1 Å². The van der Waals surface area contributed by atoms with Gasteiger partial charge in [-0.2, -0.15) is 5.57 Å². The van der Waals surface area contributed by atoms with Crippen LogP contribution in [0.25, 0.3) is 5.57 Å². The molecule has 0 amide bonds. The fourth-order valence-electron chi connectivity index (χ4n) is 1.80. The largest absolute Gasteiger partial charge is 2.00 e. The smallest absolute Gasteiger partial charge is 0.358 e. The number of hydrogen-bond acceptors (Lipinski definition) is 0. The Morgan fingerprint density at radius 1 is 0.944 bits per heavy atom. The summed E-state index contributed by atoms with van der Waals surface area (Å²) in [5.41, 5.74) is 5.51. The molecule has 2 rings (SSSR count). The van der Waals surface area contributed by atoms with E-state index in [4.69, 9.17) is 6.58 Å². The summed E-state index contributed by atoms with van der Waals surface area (Å²) in [6, 6.07) is 16.4. The molecule has 0 bridgehead atoms. The fourth-order valence-corrected chi connectivity index (χ4v) is 1.80. The van der Waals surface area contributed by atoms with Crippen LogP contribution in [0.15, 0.2) is 48.5 Å². The third-order valence-electron chi connectivity index (χ3n) is 2.77.